The highest BCUT2D eigenvalue weighted by Crippen LogP contribution is 2.14. The van der Waals surface area contributed by atoms with Gasteiger partial charge in [0.1, 0.15) is 5.82 Å². The zero-order valence-electron chi connectivity index (χ0n) is 18.1. The lowest BCUT2D eigenvalue weighted by atomic mass is 10.3. The molecule has 3 aromatic heterocycles. The molecule has 1 saturated heterocycles. The van der Waals surface area contributed by atoms with Crippen LogP contribution in [0.2, 0.25) is 0 Å². The Bertz CT molecular complexity index is 1030. The largest absolute Gasteiger partial charge is 0.490 e. The van der Waals surface area contributed by atoms with Gasteiger partial charge >= 0.3 is 12.1 Å². The standard InChI is InChI=1S/C17H21N9O.C2HF3O2/c1-23-8-10-24(11-9-23)13-16(27)20-14-12-15(25-6-2-4-18-25)22-17(21-14)26-7-3-5-19-26;3-2(4,5)1(6)7/h2-7,12H,8-11,13H2,1H3,(H,20,21,22,27);(H,6,7). The number of aliphatic carboxylic acids is 1. The van der Waals surface area contributed by atoms with E-state index in [0.29, 0.717) is 24.1 Å². The van der Waals surface area contributed by atoms with Crippen molar-refractivity contribution in [2.75, 3.05) is 45.1 Å². The van der Waals surface area contributed by atoms with Gasteiger partial charge in [0.15, 0.2) is 5.82 Å². The number of piperazine rings is 1. The van der Waals surface area contributed by atoms with Crippen molar-refractivity contribution in [1.82, 2.24) is 39.3 Å². The summed E-state index contributed by atoms with van der Waals surface area (Å²) in [6, 6.07) is 5.29. The van der Waals surface area contributed by atoms with E-state index in [1.807, 2.05) is 0 Å². The number of hydrogen-bond donors (Lipinski definition) is 2. The van der Waals surface area contributed by atoms with Crippen molar-refractivity contribution in [2.24, 2.45) is 0 Å². The van der Waals surface area contributed by atoms with E-state index in [1.165, 1.54) is 0 Å². The first-order valence-electron chi connectivity index (χ1n) is 10.0. The zero-order valence-corrected chi connectivity index (χ0v) is 18.1. The minimum atomic E-state index is -5.08. The summed E-state index contributed by atoms with van der Waals surface area (Å²) in [5.41, 5.74) is 0. The van der Waals surface area contributed by atoms with Gasteiger partial charge in [0, 0.05) is 57.0 Å². The maximum absolute atomic E-state index is 12.5. The summed E-state index contributed by atoms with van der Waals surface area (Å²) in [6.07, 6.45) is 1.76. The molecular weight excluding hydrogens is 459 g/mol. The second-order valence-corrected chi connectivity index (χ2v) is 7.24. The lowest BCUT2D eigenvalue weighted by Crippen LogP contribution is -2.47. The molecule has 0 radical (unpaired) electrons. The Labute approximate surface area is 191 Å². The predicted molar refractivity (Wildman–Crippen MR) is 113 cm³/mol. The number of alkyl halides is 3. The fourth-order valence-corrected chi connectivity index (χ4v) is 2.89. The summed E-state index contributed by atoms with van der Waals surface area (Å²) in [5.74, 6) is -1.53. The number of carbonyl (C=O) groups excluding carboxylic acids is 1. The van der Waals surface area contributed by atoms with Gasteiger partial charge in [-0.3, -0.25) is 9.69 Å². The van der Waals surface area contributed by atoms with Crippen molar-refractivity contribution >= 4 is 17.7 Å². The first-order chi connectivity index (χ1) is 16.1. The van der Waals surface area contributed by atoms with Gasteiger partial charge in [-0.15, -0.1) is 0 Å². The highest BCUT2D eigenvalue weighted by molar-refractivity contribution is 5.91. The summed E-state index contributed by atoms with van der Waals surface area (Å²) in [5, 5.41) is 18.4. The van der Waals surface area contributed by atoms with Crippen molar-refractivity contribution in [3.8, 4) is 11.8 Å². The number of likely N-dealkylation sites (N-methyl/N-ethyl adjacent to an activating group) is 1. The van der Waals surface area contributed by atoms with E-state index >= 15 is 0 Å². The molecule has 0 spiro atoms. The number of carboxylic acid groups (broad SMARTS) is 1. The number of nitrogens with zero attached hydrogens (tertiary/aromatic N) is 8. The molecule has 1 aliphatic rings. The summed E-state index contributed by atoms with van der Waals surface area (Å²) < 4.78 is 34.9. The maximum Gasteiger partial charge on any atom is 0.490 e. The van der Waals surface area contributed by atoms with E-state index < -0.39 is 12.1 Å². The van der Waals surface area contributed by atoms with E-state index in [2.05, 4.69) is 42.3 Å². The average molecular weight is 481 g/mol. The van der Waals surface area contributed by atoms with E-state index in [-0.39, 0.29) is 5.91 Å². The molecule has 2 N–H and O–H groups in total. The molecule has 15 heteroatoms. The zero-order chi connectivity index (χ0) is 24.7. The van der Waals surface area contributed by atoms with Crippen LogP contribution in [0.15, 0.2) is 43.0 Å². The number of amides is 1. The number of hydrogen-bond acceptors (Lipinski definition) is 8. The number of rotatable bonds is 5. The molecule has 1 aliphatic heterocycles. The molecule has 0 aromatic carbocycles. The number of aromatic nitrogens is 6. The van der Waals surface area contributed by atoms with Crippen molar-refractivity contribution in [1.29, 1.82) is 0 Å². The third-order valence-electron chi connectivity index (χ3n) is 4.62. The van der Waals surface area contributed by atoms with Crippen molar-refractivity contribution in [2.45, 2.75) is 6.18 Å². The number of nitrogens with one attached hydrogen (secondary N) is 1. The molecule has 34 heavy (non-hydrogen) atoms. The number of carbonyl (C=O) groups is 2. The normalized spacial score (nSPS) is 14.8. The van der Waals surface area contributed by atoms with Gasteiger partial charge < -0.3 is 15.3 Å². The summed E-state index contributed by atoms with van der Waals surface area (Å²) in [4.78, 5) is 34.7. The third kappa shape index (κ3) is 7.08. The molecule has 4 heterocycles. The fraction of sp³-hybridized carbons (Fsp3) is 0.368. The van der Waals surface area contributed by atoms with Crippen LogP contribution >= 0.6 is 0 Å². The molecule has 3 aromatic rings. The topological polar surface area (TPSA) is 134 Å². The molecule has 0 atom stereocenters. The van der Waals surface area contributed by atoms with Gasteiger partial charge in [-0.1, -0.05) is 0 Å². The second kappa shape index (κ2) is 10.8. The molecule has 4 rings (SSSR count). The van der Waals surface area contributed by atoms with E-state index in [0.717, 1.165) is 26.2 Å². The lowest BCUT2D eigenvalue weighted by molar-refractivity contribution is -0.192. The van der Waals surface area contributed by atoms with Crippen LogP contribution in [0, 0.1) is 0 Å². The van der Waals surface area contributed by atoms with Gasteiger partial charge in [0.2, 0.25) is 5.91 Å². The maximum atomic E-state index is 12.5. The van der Waals surface area contributed by atoms with Gasteiger partial charge in [-0.25, -0.2) is 14.2 Å². The highest BCUT2D eigenvalue weighted by atomic mass is 19.4. The Morgan fingerprint density at radius 1 is 1.03 bits per heavy atom. The Kier molecular flexibility index (Phi) is 7.91. The highest BCUT2D eigenvalue weighted by Gasteiger charge is 2.38. The molecule has 0 unspecified atom stereocenters. The summed E-state index contributed by atoms with van der Waals surface area (Å²) in [6.45, 7) is 4.03. The Hall–Kier alpha value is -3.85. The van der Waals surface area contributed by atoms with Crippen LogP contribution in [-0.2, 0) is 9.59 Å². The van der Waals surface area contributed by atoms with Gasteiger partial charge in [-0.2, -0.15) is 33.3 Å². The Morgan fingerprint density at radius 3 is 2.15 bits per heavy atom. The molecular formula is C19H22F3N9O3. The van der Waals surface area contributed by atoms with Crippen molar-refractivity contribution in [3.63, 3.8) is 0 Å². The van der Waals surface area contributed by atoms with Gasteiger partial charge in [0.25, 0.3) is 5.95 Å². The van der Waals surface area contributed by atoms with Gasteiger partial charge in [0.05, 0.1) is 6.54 Å². The van der Waals surface area contributed by atoms with Gasteiger partial charge in [-0.05, 0) is 19.2 Å². The van der Waals surface area contributed by atoms with Crippen molar-refractivity contribution in [3.05, 3.63) is 43.0 Å². The van der Waals surface area contributed by atoms with Crippen LogP contribution in [0.3, 0.4) is 0 Å². The molecule has 0 bridgehead atoms. The quantitative estimate of drug-likeness (QED) is 0.539. The number of anilines is 1. The van der Waals surface area contributed by atoms with Crippen molar-refractivity contribution < 1.29 is 27.9 Å². The number of halogens is 3. The summed E-state index contributed by atoms with van der Waals surface area (Å²) >= 11 is 0. The lowest BCUT2D eigenvalue weighted by Gasteiger charge is -2.31. The molecule has 182 valence electrons. The predicted octanol–water partition coefficient (Wildman–Crippen LogP) is 0.667. The molecule has 1 fully saturated rings. The third-order valence-corrected chi connectivity index (χ3v) is 4.62. The van der Waals surface area contributed by atoms with Crippen LogP contribution in [0.25, 0.3) is 11.8 Å². The molecule has 12 nitrogen and oxygen atoms in total. The Morgan fingerprint density at radius 2 is 1.62 bits per heavy atom. The first kappa shape index (κ1) is 24.8. The summed E-state index contributed by atoms with van der Waals surface area (Å²) in [7, 11) is 2.09. The van der Waals surface area contributed by atoms with Crippen LogP contribution in [0.5, 0.6) is 0 Å². The van der Waals surface area contributed by atoms with Crippen LogP contribution < -0.4 is 5.32 Å². The van der Waals surface area contributed by atoms with E-state index in [4.69, 9.17) is 9.90 Å². The smallest absolute Gasteiger partial charge is 0.475 e. The molecule has 0 aliphatic carbocycles. The fourth-order valence-electron chi connectivity index (χ4n) is 2.89. The van der Waals surface area contributed by atoms with E-state index in [9.17, 15) is 18.0 Å². The Balaban J connectivity index is 0.000000406. The minimum absolute atomic E-state index is 0.101. The first-order valence-corrected chi connectivity index (χ1v) is 10.0. The van der Waals surface area contributed by atoms with Crippen LogP contribution in [0.4, 0.5) is 19.0 Å². The minimum Gasteiger partial charge on any atom is -0.475 e. The van der Waals surface area contributed by atoms with Crippen LogP contribution in [0.1, 0.15) is 0 Å². The number of carboxylic acids is 1. The second-order valence-electron chi connectivity index (χ2n) is 7.24. The molecule has 1 amide bonds. The average Bonchev–Trinajstić information content (AvgIpc) is 3.49. The SMILES string of the molecule is CN1CCN(CC(=O)Nc2cc(-n3cccn3)nc(-n3cccn3)n2)CC1.O=C(O)C(F)(F)F. The molecule has 0 saturated carbocycles. The van der Waals surface area contributed by atoms with E-state index in [1.54, 1.807) is 52.4 Å². The van der Waals surface area contributed by atoms with Crippen LogP contribution in [-0.4, -0.2) is 102 Å². The monoisotopic (exact) mass is 481 g/mol.